The minimum atomic E-state index is -1.01. The Morgan fingerprint density at radius 3 is 2.76 bits per heavy atom. The summed E-state index contributed by atoms with van der Waals surface area (Å²) in [6.45, 7) is 3.14. The Labute approximate surface area is 150 Å². The number of hydrogen-bond acceptors (Lipinski definition) is 4. The highest BCUT2D eigenvalue weighted by atomic mass is 35.5. The van der Waals surface area contributed by atoms with Gasteiger partial charge >= 0.3 is 5.97 Å². The molecule has 1 aromatic carbocycles. The first-order chi connectivity index (χ1) is 12.1. The molecule has 0 aliphatic heterocycles. The molecule has 7 heteroatoms. The third-order valence-corrected chi connectivity index (χ3v) is 4.33. The summed E-state index contributed by atoms with van der Waals surface area (Å²) < 4.78 is 1.71. The van der Waals surface area contributed by atoms with Gasteiger partial charge in [-0.2, -0.15) is 5.10 Å². The number of aromatic carboxylic acids is 1. The molecule has 1 atom stereocenters. The molecular weight excluding hydrogens is 340 g/mol. The summed E-state index contributed by atoms with van der Waals surface area (Å²) in [7, 11) is 0. The minimum absolute atomic E-state index is 0.144. The average Bonchev–Trinajstić information content (AvgIpc) is 3.03. The summed E-state index contributed by atoms with van der Waals surface area (Å²) in [4.78, 5) is 15.8. The highest BCUT2D eigenvalue weighted by Crippen LogP contribution is 2.28. The van der Waals surface area contributed by atoms with Gasteiger partial charge in [0.25, 0.3) is 0 Å². The average molecular weight is 359 g/mol. The van der Waals surface area contributed by atoms with Crippen molar-refractivity contribution in [1.29, 1.82) is 0 Å². The fraction of sp³-hybridized carbons (Fsp3) is 0.278. The van der Waals surface area contributed by atoms with Gasteiger partial charge in [-0.15, -0.1) is 11.6 Å². The molecule has 0 radical (unpaired) electrons. The Morgan fingerprint density at radius 2 is 2.08 bits per heavy atom. The number of rotatable bonds is 7. The van der Waals surface area contributed by atoms with E-state index in [0.717, 1.165) is 12.0 Å². The highest BCUT2D eigenvalue weighted by Gasteiger charge is 2.18. The quantitative estimate of drug-likeness (QED) is 0.625. The molecule has 6 nitrogen and oxygen atoms in total. The van der Waals surface area contributed by atoms with E-state index >= 15 is 0 Å². The molecule has 0 amide bonds. The zero-order valence-corrected chi connectivity index (χ0v) is 14.6. The normalized spacial score (nSPS) is 12.2. The van der Waals surface area contributed by atoms with Crippen LogP contribution in [-0.4, -0.2) is 32.4 Å². The molecule has 0 saturated heterocycles. The first-order valence-corrected chi connectivity index (χ1v) is 8.56. The van der Waals surface area contributed by atoms with Gasteiger partial charge in [0.2, 0.25) is 0 Å². The molecule has 2 aromatic heterocycles. The molecule has 0 spiro atoms. The number of alkyl halides is 1. The number of anilines is 1. The van der Waals surface area contributed by atoms with Crippen molar-refractivity contribution in [2.24, 2.45) is 0 Å². The molecule has 2 N–H and O–H groups in total. The number of carboxylic acid groups (broad SMARTS) is 1. The van der Waals surface area contributed by atoms with E-state index in [0.29, 0.717) is 29.8 Å². The summed E-state index contributed by atoms with van der Waals surface area (Å²) >= 11 is 6.50. The predicted octanol–water partition coefficient (Wildman–Crippen LogP) is 3.93. The number of halogens is 1. The number of nitrogens with one attached hydrogen (secondary N) is 1. The van der Waals surface area contributed by atoms with Crippen LogP contribution in [0.1, 0.15) is 34.6 Å². The molecular formula is C18H19ClN4O2. The summed E-state index contributed by atoms with van der Waals surface area (Å²) in [6, 6.07) is 9.75. The second-order valence-corrected chi connectivity index (χ2v) is 6.25. The molecule has 0 saturated carbocycles. The highest BCUT2D eigenvalue weighted by molar-refractivity contribution is 6.20. The lowest BCUT2D eigenvalue weighted by molar-refractivity contribution is 0.0697. The zero-order chi connectivity index (χ0) is 17.8. The summed E-state index contributed by atoms with van der Waals surface area (Å²) in [5, 5.41) is 17.4. The van der Waals surface area contributed by atoms with Crippen molar-refractivity contribution < 1.29 is 9.90 Å². The van der Waals surface area contributed by atoms with Crippen LogP contribution in [0.4, 0.5) is 5.69 Å². The van der Waals surface area contributed by atoms with Crippen molar-refractivity contribution in [2.45, 2.75) is 25.3 Å². The van der Waals surface area contributed by atoms with Crippen LogP contribution in [0.5, 0.6) is 0 Å². The van der Waals surface area contributed by atoms with Gasteiger partial charge in [-0.25, -0.2) is 14.5 Å². The largest absolute Gasteiger partial charge is 0.478 e. The van der Waals surface area contributed by atoms with Crippen LogP contribution < -0.4 is 5.32 Å². The van der Waals surface area contributed by atoms with E-state index in [1.54, 1.807) is 10.9 Å². The van der Waals surface area contributed by atoms with E-state index in [1.165, 1.54) is 6.20 Å². The Morgan fingerprint density at radius 1 is 1.32 bits per heavy atom. The van der Waals surface area contributed by atoms with Crippen molar-refractivity contribution in [3.8, 4) is 0 Å². The Hall–Kier alpha value is -2.60. The van der Waals surface area contributed by atoms with E-state index in [4.69, 9.17) is 11.6 Å². The standard InChI is InChI=1S/C18H19ClN4O2/c1-2-8-20-16-13-10-22-23(17(13)21-9-14(16)18(24)25)11-15(19)12-6-4-3-5-7-12/h3-7,9-10,15H,2,8,11H2,1H3,(H,20,21)(H,24,25). The molecule has 25 heavy (non-hydrogen) atoms. The Balaban J connectivity index is 1.97. The predicted molar refractivity (Wildman–Crippen MR) is 98.3 cm³/mol. The van der Waals surface area contributed by atoms with Crippen molar-refractivity contribution >= 4 is 34.3 Å². The maximum Gasteiger partial charge on any atom is 0.339 e. The van der Waals surface area contributed by atoms with Gasteiger partial charge in [0.1, 0.15) is 5.56 Å². The van der Waals surface area contributed by atoms with E-state index in [2.05, 4.69) is 15.4 Å². The molecule has 3 aromatic rings. The minimum Gasteiger partial charge on any atom is -0.478 e. The molecule has 0 aliphatic rings. The van der Waals surface area contributed by atoms with Crippen LogP contribution in [0, 0.1) is 0 Å². The number of carboxylic acids is 1. The van der Waals surface area contributed by atoms with Crippen LogP contribution in [0.3, 0.4) is 0 Å². The fourth-order valence-electron chi connectivity index (χ4n) is 2.68. The summed E-state index contributed by atoms with van der Waals surface area (Å²) in [5.74, 6) is -1.01. The molecule has 1 unspecified atom stereocenters. The number of fused-ring (bicyclic) bond motifs is 1. The molecule has 0 fully saturated rings. The number of carbonyl (C=O) groups is 1. The number of benzene rings is 1. The molecule has 130 valence electrons. The van der Waals surface area contributed by atoms with Gasteiger partial charge in [-0.3, -0.25) is 0 Å². The second kappa shape index (κ2) is 7.53. The van der Waals surface area contributed by atoms with Gasteiger partial charge in [0, 0.05) is 12.7 Å². The third-order valence-electron chi connectivity index (χ3n) is 3.94. The number of nitrogens with zero attached hydrogens (tertiary/aromatic N) is 3. The maximum absolute atomic E-state index is 11.5. The van der Waals surface area contributed by atoms with Gasteiger partial charge < -0.3 is 10.4 Å². The van der Waals surface area contributed by atoms with Crippen LogP contribution in [0.15, 0.2) is 42.7 Å². The van der Waals surface area contributed by atoms with Gasteiger partial charge in [0.05, 0.1) is 29.2 Å². The lowest BCUT2D eigenvalue weighted by atomic mass is 10.1. The zero-order valence-electron chi connectivity index (χ0n) is 13.8. The summed E-state index contributed by atoms with van der Waals surface area (Å²) in [5.41, 5.74) is 2.31. The van der Waals surface area contributed by atoms with E-state index in [-0.39, 0.29) is 10.9 Å². The van der Waals surface area contributed by atoms with Crippen LogP contribution >= 0.6 is 11.6 Å². The molecule has 0 aliphatic carbocycles. The van der Waals surface area contributed by atoms with Crippen LogP contribution in [-0.2, 0) is 6.54 Å². The third kappa shape index (κ3) is 3.58. The van der Waals surface area contributed by atoms with Gasteiger partial charge in [-0.1, -0.05) is 37.3 Å². The second-order valence-electron chi connectivity index (χ2n) is 5.72. The monoisotopic (exact) mass is 358 g/mol. The Bertz CT molecular complexity index is 879. The number of pyridine rings is 1. The van der Waals surface area contributed by atoms with Crippen molar-refractivity contribution in [1.82, 2.24) is 14.8 Å². The lowest BCUT2D eigenvalue weighted by Gasteiger charge is -2.12. The Kier molecular flexibility index (Phi) is 5.19. The SMILES string of the molecule is CCCNc1c(C(=O)O)cnc2c1cnn2CC(Cl)c1ccccc1. The molecule has 0 bridgehead atoms. The van der Waals surface area contributed by atoms with Crippen molar-refractivity contribution in [3.63, 3.8) is 0 Å². The topological polar surface area (TPSA) is 80.0 Å². The van der Waals surface area contributed by atoms with Crippen LogP contribution in [0.25, 0.3) is 11.0 Å². The molecule has 3 rings (SSSR count). The van der Waals surface area contributed by atoms with Crippen molar-refractivity contribution in [2.75, 3.05) is 11.9 Å². The lowest BCUT2D eigenvalue weighted by Crippen LogP contribution is -2.10. The fourth-order valence-corrected chi connectivity index (χ4v) is 2.96. The summed E-state index contributed by atoms with van der Waals surface area (Å²) in [6.07, 6.45) is 3.89. The first-order valence-electron chi connectivity index (χ1n) is 8.12. The number of hydrogen-bond donors (Lipinski definition) is 2. The van der Waals surface area contributed by atoms with E-state index < -0.39 is 5.97 Å². The van der Waals surface area contributed by atoms with E-state index in [1.807, 2.05) is 37.3 Å². The van der Waals surface area contributed by atoms with Crippen molar-refractivity contribution in [3.05, 3.63) is 53.9 Å². The van der Waals surface area contributed by atoms with Gasteiger partial charge in [-0.05, 0) is 12.0 Å². The molecule has 2 heterocycles. The van der Waals surface area contributed by atoms with Gasteiger partial charge in [0.15, 0.2) is 5.65 Å². The number of aromatic nitrogens is 3. The first kappa shape index (κ1) is 17.2. The van der Waals surface area contributed by atoms with Crippen LogP contribution in [0.2, 0.25) is 0 Å². The smallest absolute Gasteiger partial charge is 0.339 e. The van der Waals surface area contributed by atoms with E-state index in [9.17, 15) is 9.90 Å². The maximum atomic E-state index is 11.5.